The second kappa shape index (κ2) is 10.3. The third kappa shape index (κ3) is 4.95. The van der Waals surface area contributed by atoms with Gasteiger partial charge in [-0.1, -0.05) is 34.8 Å². The molecular formula is C27H30BrCl2N3O. The predicted molar refractivity (Wildman–Crippen MR) is 142 cm³/mol. The van der Waals surface area contributed by atoms with Gasteiger partial charge >= 0.3 is 0 Å². The maximum atomic E-state index is 13.0. The Balaban J connectivity index is 1.42. The molecule has 7 heteroatoms. The standard InChI is InChI=1S/C27H30BrCl2N3O/c1-32-10-6-17(7-11-32)14-24(34)33-12-8-18(9-13-33)25-21-5-3-20(29)15-19(21)2-4-22-26(30)23(28)16-31-27(22)25/h3,5,15-17H,2,4,6-14H2,1H3. The van der Waals surface area contributed by atoms with Crippen molar-refractivity contribution in [3.8, 4) is 0 Å². The number of fused-ring (bicyclic) bond motifs is 2. The van der Waals surface area contributed by atoms with Crippen LogP contribution in [0.1, 0.15) is 54.5 Å². The van der Waals surface area contributed by atoms with E-state index < -0.39 is 0 Å². The monoisotopic (exact) mass is 561 g/mol. The van der Waals surface area contributed by atoms with Gasteiger partial charge in [0.1, 0.15) is 0 Å². The molecule has 2 fully saturated rings. The number of halogens is 3. The van der Waals surface area contributed by atoms with E-state index in [-0.39, 0.29) is 0 Å². The molecule has 2 saturated heterocycles. The summed E-state index contributed by atoms with van der Waals surface area (Å²) in [7, 11) is 2.16. The van der Waals surface area contributed by atoms with Gasteiger partial charge in [-0.25, -0.2) is 0 Å². The number of piperidine rings is 2. The lowest BCUT2D eigenvalue weighted by atomic mass is 9.88. The van der Waals surface area contributed by atoms with E-state index in [9.17, 15) is 4.79 Å². The molecule has 4 nitrogen and oxygen atoms in total. The third-order valence-electron chi connectivity index (χ3n) is 7.66. The minimum absolute atomic E-state index is 0.317. The van der Waals surface area contributed by atoms with E-state index in [4.69, 9.17) is 28.2 Å². The van der Waals surface area contributed by atoms with Crippen LogP contribution >= 0.6 is 39.1 Å². The van der Waals surface area contributed by atoms with E-state index in [0.717, 1.165) is 90.5 Å². The highest BCUT2D eigenvalue weighted by Gasteiger charge is 2.29. The van der Waals surface area contributed by atoms with Crippen LogP contribution in [0.2, 0.25) is 10.0 Å². The van der Waals surface area contributed by atoms with Crippen molar-refractivity contribution < 1.29 is 4.79 Å². The summed E-state index contributed by atoms with van der Waals surface area (Å²) in [4.78, 5) is 22.3. The third-order valence-corrected chi connectivity index (χ3v) is 9.16. The fourth-order valence-electron chi connectivity index (χ4n) is 5.62. The molecule has 0 N–H and O–H groups in total. The Morgan fingerprint density at radius 2 is 1.82 bits per heavy atom. The Bertz CT molecular complexity index is 1130. The summed E-state index contributed by atoms with van der Waals surface area (Å²) < 4.78 is 0.829. The second-order valence-electron chi connectivity index (χ2n) is 9.86. The lowest BCUT2D eigenvalue weighted by Gasteiger charge is -2.33. The molecule has 0 unspecified atom stereocenters. The van der Waals surface area contributed by atoms with Gasteiger partial charge in [-0.15, -0.1) is 0 Å². The number of aromatic nitrogens is 1. The first-order valence-corrected chi connectivity index (χ1v) is 13.8. The lowest BCUT2D eigenvalue weighted by Crippen LogP contribution is -2.39. The van der Waals surface area contributed by atoms with Gasteiger partial charge in [0.2, 0.25) is 5.91 Å². The number of rotatable bonds is 2. The molecule has 1 aromatic carbocycles. The van der Waals surface area contributed by atoms with Crippen molar-refractivity contribution in [2.45, 2.75) is 44.9 Å². The molecule has 0 atom stereocenters. The zero-order valence-electron chi connectivity index (χ0n) is 19.5. The highest BCUT2D eigenvalue weighted by Crippen LogP contribution is 2.42. The summed E-state index contributed by atoms with van der Waals surface area (Å²) in [5, 5.41) is 1.50. The van der Waals surface area contributed by atoms with Gasteiger partial charge in [0.15, 0.2) is 0 Å². The first kappa shape index (κ1) is 24.3. The van der Waals surface area contributed by atoms with Crippen LogP contribution in [0.5, 0.6) is 0 Å². The van der Waals surface area contributed by atoms with Crippen molar-refractivity contribution in [1.82, 2.24) is 14.8 Å². The fraction of sp³-hybridized carbons (Fsp3) is 0.481. The molecule has 0 bridgehead atoms. The number of amides is 1. The van der Waals surface area contributed by atoms with Crippen LogP contribution in [0.3, 0.4) is 0 Å². The average molecular weight is 563 g/mol. The number of hydrogen-bond acceptors (Lipinski definition) is 3. The van der Waals surface area contributed by atoms with Crippen molar-refractivity contribution >= 4 is 50.6 Å². The van der Waals surface area contributed by atoms with E-state index in [1.165, 1.54) is 22.3 Å². The second-order valence-corrected chi connectivity index (χ2v) is 11.5. The maximum Gasteiger partial charge on any atom is 0.222 e. The number of likely N-dealkylation sites (tertiary alicyclic amines) is 2. The molecular weight excluding hydrogens is 533 g/mol. The molecule has 0 saturated carbocycles. The van der Waals surface area contributed by atoms with Crippen molar-refractivity contribution in [3.63, 3.8) is 0 Å². The minimum atomic E-state index is 0.317. The molecule has 3 heterocycles. The molecule has 1 aromatic heterocycles. The molecule has 0 spiro atoms. The van der Waals surface area contributed by atoms with Crippen molar-refractivity contribution in [2.75, 3.05) is 33.2 Å². The summed E-state index contributed by atoms with van der Waals surface area (Å²) in [6.45, 7) is 3.74. The minimum Gasteiger partial charge on any atom is -0.342 e. The van der Waals surface area contributed by atoms with Crippen molar-refractivity contribution in [3.05, 3.63) is 66.9 Å². The molecule has 180 valence electrons. The first-order valence-electron chi connectivity index (χ1n) is 12.2. The summed E-state index contributed by atoms with van der Waals surface area (Å²) in [5.74, 6) is 0.843. The average Bonchev–Trinajstić information content (AvgIpc) is 3.00. The lowest BCUT2D eigenvalue weighted by molar-refractivity contribution is -0.133. The number of hydrogen-bond donors (Lipinski definition) is 0. The molecule has 5 rings (SSSR count). The van der Waals surface area contributed by atoms with Crippen LogP contribution < -0.4 is 0 Å². The van der Waals surface area contributed by atoms with Gasteiger partial charge in [-0.05, 0) is 109 Å². The van der Waals surface area contributed by atoms with Crippen LogP contribution in [0.4, 0.5) is 0 Å². The zero-order valence-corrected chi connectivity index (χ0v) is 22.6. The molecule has 1 aliphatic carbocycles. The Hall–Kier alpha value is -1.40. The highest BCUT2D eigenvalue weighted by atomic mass is 79.9. The SMILES string of the molecule is CN1CCC(CC(=O)N2CCC(=C3c4ccc(Cl)cc4CCc4c3ncc(Br)c4Cl)CC2)CC1. The van der Waals surface area contributed by atoms with Crippen LogP contribution in [-0.2, 0) is 17.6 Å². The fourth-order valence-corrected chi connectivity index (χ4v) is 6.39. The van der Waals surface area contributed by atoms with Gasteiger partial charge in [-0.3, -0.25) is 9.78 Å². The number of pyridine rings is 1. The van der Waals surface area contributed by atoms with Crippen molar-refractivity contribution in [2.24, 2.45) is 5.92 Å². The Morgan fingerprint density at radius 1 is 1.09 bits per heavy atom. The predicted octanol–water partition coefficient (Wildman–Crippen LogP) is 6.41. The van der Waals surface area contributed by atoms with Crippen LogP contribution in [-0.4, -0.2) is 53.9 Å². The quantitative estimate of drug-likeness (QED) is 0.424. The maximum absolute atomic E-state index is 13.0. The summed E-state index contributed by atoms with van der Waals surface area (Å²) >= 11 is 16.6. The van der Waals surface area contributed by atoms with Gasteiger partial charge < -0.3 is 9.80 Å². The normalized spacial score (nSPS) is 19.6. The van der Waals surface area contributed by atoms with Crippen LogP contribution in [0.25, 0.3) is 5.57 Å². The number of carbonyl (C=O) groups excluding carboxylic acids is 1. The Morgan fingerprint density at radius 3 is 2.56 bits per heavy atom. The van der Waals surface area contributed by atoms with E-state index >= 15 is 0 Å². The van der Waals surface area contributed by atoms with Gasteiger partial charge in [-0.2, -0.15) is 0 Å². The molecule has 0 radical (unpaired) electrons. The van der Waals surface area contributed by atoms with E-state index in [2.05, 4.69) is 44.9 Å². The van der Waals surface area contributed by atoms with Crippen LogP contribution in [0.15, 0.2) is 34.4 Å². The van der Waals surface area contributed by atoms with E-state index in [1.54, 1.807) is 0 Å². The molecule has 34 heavy (non-hydrogen) atoms. The van der Waals surface area contributed by atoms with Gasteiger partial charge in [0.05, 0.1) is 15.2 Å². The number of aryl methyl sites for hydroxylation is 1. The zero-order chi connectivity index (χ0) is 23.8. The Labute approximate surface area is 220 Å². The number of nitrogens with zero attached hydrogens (tertiary/aromatic N) is 3. The molecule has 2 aromatic rings. The van der Waals surface area contributed by atoms with Crippen LogP contribution in [0, 0.1) is 5.92 Å². The molecule has 2 aliphatic heterocycles. The number of benzene rings is 1. The van der Waals surface area contributed by atoms with E-state index in [1.807, 2.05) is 12.3 Å². The molecule has 3 aliphatic rings. The topological polar surface area (TPSA) is 36.4 Å². The van der Waals surface area contributed by atoms with Crippen molar-refractivity contribution in [1.29, 1.82) is 0 Å². The van der Waals surface area contributed by atoms with E-state index in [0.29, 0.717) is 18.2 Å². The van der Waals surface area contributed by atoms with Gasteiger partial charge in [0, 0.05) is 36.3 Å². The smallest absolute Gasteiger partial charge is 0.222 e. The van der Waals surface area contributed by atoms with Gasteiger partial charge in [0.25, 0.3) is 0 Å². The number of carbonyl (C=O) groups is 1. The summed E-state index contributed by atoms with van der Waals surface area (Å²) in [5.41, 5.74) is 7.06. The summed E-state index contributed by atoms with van der Waals surface area (Å²) in [6.07, 6.45) is 8.19. The Kier molecular flexibility index (Phi) is 7.36. The highest BCUT2D eigenvalue weighted by molar-refractivity contribution is 9.10. The molecule has 1 amide bonds. The summed E-state index contributed by atoms with van der Waals surface area (Å²) in [6, 6.07) is 6.17. The largest absolute Gasteiger partial charge is 0.342 e. The first-order chi connectivity index (χ1) is 16.4.